The van der Waals surface area contributed by atoms with E-state index >= 15 is 0 Å². The number of hydrogen-bond acceptors (Lipinski definition) is 3. The van der Waals surface area contributed by atoms with Crippen molar-refractivity contribution in [1.82, 2.24) is 9.97 Å². The van der Waals surface area contributed by atoms with Crippen molar-refractivity contribution in [2.75, 3.05) is 0 Å². The fraction of sp³-hybridized carbons (Fsp3) is 0.214. The molecule has 0 spiro atoms. The average Bonchev–Trinajstić information content (AvgIpc) is 2.37. The first-order chi connectivity index (χ1) is 9.02. The summed E-state index contributed by atoms with van der Waals surface area (Å²) in [5.41, 5.74) is 2.70. The van der Waals surface area contributed by atoms with Gasteiger partial charge < -0.3 is 5.11 Å². The summed E-state index contributed by atoms with van der Waals surface area (Å²) in [4.78, 5) is 19.5. The number of carboxylic acid groups (broad SMARTS) is 1. The Labute approximate surface area is 119 Å². The van der Waals surface area contributed by atoms with Gasteiger partial charge in [-0.1, -0.05) is 28.9 Å². The SMILES string of the molecule is CCc1nc(-c2ccc(C)cc2Br)ncc1C(=O)O. The largest absolute Gasteiger partial charge is 0.478 e. The van der Waals surface area contributed by atoms with Crippen molar-refractivity contribution >= 4 is 21.9 Å². The van der Waals surface area contributed by atoms with Crippen LogP contribution in [-0.2, 0) is 6.42 Å². The third-order valence-corrected chi connectivity index (χ3v) is 3.45. The topological polar surface area (TPSA) is 63.1 Å². The lowest BCUT2D eigenvalue weighted by Crippen LogP contribution is -2.06. The zero-order chi connectivity index (χ0) is 14.0. The summed E-state index contributed by atoms with van der Waals surface area (Å²) in [6, 6.07) is 5.88. The summed E-state index contributed by atoms with van der Waals surface area (Å²) in [5.74, 6) is -0.458. The van der Waals surface area contributed by atoms with Gasteiger partial charge in [0.1, 0.15) is 0 Å². The highest BCUT2D eigenvalue weighted by atomic mass is 79.9. The fourth-order valence-corrected chi connectivity index (χ4v) is 2.47. The summed E-state index contributed by atoms with van der Waals surface area (Å²) < 4.78 is 0.901. The van der Waals surface area contributed by atoms with Gasteiger partial charge in [-0.3, -0.25) is 0 Å². The van der Waals surface area contributed by atoms with Gasteiger partial charge in [-0.15, -0.1) is 0 Å². The summed E-state index contributed by atoms with van der Waals surface area (Å²) in [5, 5.41) is 9.06. The number of halogens is 1. The van der Waals surface area contributed by atoms with Crippen LogP contribution in [0.3, 0.4) is 0 Å². The van der Waals surface area contributed by atoms with E-state index in [1.54, 1.807) is 0 Å². The fourth-order valence-electron chi connectivity index (χ4n) is 1.80. The highest BCUT2D eigenvalue weighted by Crippen LogP contribution is 2.27. The molecule has 4 nitrogen and oxygen atoms in total. The normalized spacial score (nSPS) is 10.5. The van der Waals surface area contributed by atoms with Crippen LogP contribution < -0.4 is 0 Å². The Morgan fingerprint density at radius 1 is 1.42 bits per heavy atom. The van der Waals surface area contributed by atoms with E-state index in [4.69, 9.17) is 5.11 Å². The maximum absolute atomic E-state index is 11.1. The monoisotopic (exact) mass is 320 g/mol. The van der Waals surface area contributed by atoms with E-state index in [0.717, 1.165) is 15.6 Å². The van der Waals surface area contributed by atoms with Crippen LogP contribution in [0, 0.1) is 6.92 Å². The molecule has 0 atom stereocenters. The van der Waals surface area contributed by atoms with Crippen LogP contribution in [0.15, 0.2) is 28.9 Å². The Hall–Kier alpha value is -1.75. The molecular formula is C14H13BrN2O2. The van der Waals surface area contributed by atoms with E-state index in [2.05, 4.69) is 25.9 Å². The van der Waals surface area contributed by atoms with Gasteiger partial charge in [0.15, 0.2) is 5.82 Å². The second-order valence-corrected chi connectivity index (χ2v) is 5.05. The predicted octanol–water partition coefficient (Wildman–Crippen LogP) is 3.48. The number of benzene rings is 1. The molecule has 0 aliphatic carbocycles. The molecule has 0 saturated heterocycles. The van der Waals surface area contributed by atoms with Crippen LogP contribution in [0.1, 0.15) is 28.5 Å². The van der Waals surface area contributed by atoms with Crippen LogP contribution in [0.25, 0.3) is 11.4 Å². The van der Waals surface area contributed by atoms with Crippen LogP contribution in [0.4, 0.5) is 0 Å². The molecule has 1 N–H and O–H groups in total. The molecule has 5 heteroatoms. The number of nitrogens with zero attached hydrogens (tertiary/aromatic N) is 2. The molecule has 0 aliphatic rings. The minimum Gasteiger partial charge on any atom is -0.478 e. The molecule has 2 rings (SSSR count). The molecule has 0 unspecified atom stereocenters. The summed E-state index contributed by atoms with van der Waals surface area (Å²) >= 11 is 3.48. The Kier molecular flexibility index (Phi) is 3.95. The third kappa shape index (κ3) is 2.81. The van der Waals surface area contributed by atoms with E-state index in [1.807, 2.05) is 32.0 Å². The van der Waals surface area contributed by atoms with E-state index < -0.39 is 5.97 Å². The Morgan fingerprint density at radius 3 is 2.74 bits per heavy atom. The molecule has 1 aromatic carbocycles. The molecule has 0 saturated carbocycles. The number of hydrogen-bond donors (Lipinski definition) is 1. The maximum atomic E-state index is 11.1. The lowest BCUT2D eigenvalue weighted by Gasteiger charge is -2.07. The zero-order valence-corrected chi connectivity index (χ0v) is 12.2. The van der Waals surface area contributed by atoms with Crippen LogP contribution in [0.2, 0.25) is 0 Å². The molecule has 19 heavy (non-hydrogen) atoms. The standard InChI is InChI=1S/C14H13BrN2O2/c1-3-12-10(14(18)19)7-16-13(17-12)9-5-4-8(2)6-11(9)15/h4-7H,3H2,1-2H3,(H,18,19). The molecule has 98 valence electrons. The van der Waals surface area contributed by atoms with Crippen molar-refractivity contribution < 1.29 is 9.90 Å². The molecule has 1 aromatic heterocycles. The van der Waals surface area contributed by atoms with E-state index in [0.29, 0.717) is 17.9 Å². The number of aromatic nitrogens is 2. The van der Waals surface area contributed by atoms with Crippen molar-refractivity contribution in [3.63, 3.8) is 0 Å². The van der Waals surface area contributed by atoms with E-state index in [-0.39, 0.29) is 5.56 Å². The van der Waals surface area contributed by atoms with Crippen molar-refractivity contribution in [2.24, 2.45) is 0 Å². The van der Waals surface area contributed by atoms with E-state index in [9.17, 15) is 4.79 Å². The quantitative estimate of drug-likeness (QED) is 0.940. The first-order valence-corrected chi connectivity index (χ1v) is 6.68. The Balaban J connectivity index is 2.54. The van der Waals surface area contributed by atoms with Gasteiger partial charge in [-0.2, -0.15) is 0 Å². The number of aromatic carboxylic acids is 1. The molecule has 0 bridgehead atoms. The number of rotatable bonds is 3. The highest BCUT2D eigenvalue weighted by Gasteiger charge is 2.14. The molecule has 0 radical (unpaired) electrons. The summed E-state index contributed by atoms with van der Waals surface area (Å²) in [6.07, 6.45) is 1.93. The smallest absolute Gasteiger partial charge is 0.339 e. The van der Waals surface area contributed by atoms with Gasteiger partial charge >= 0.3 is 5.97 Å². The van der Waals surface area contributed by atoms with Gasteiger partial charge in [0.25, 0.3) is 0 Å². The lowest BCUT2D eigenvalue weighted by atomic mass is 10.1. The number of aryl methyl sites for hydroxylation is 2. The Morgan fingerprint density at radius 2 is 2.16 bits per heavy atom. The zero-order valence-electron chi connectivity index (χ0n) is 10.6. The average molecular weight is 321 g/mol. The molecule has 2 aromatic rings. The lowest BCUT2D eigenvalue weighted by molar-refractivity contribution is 0.0694. The summed E-state index contributed by atoms with van der Waals surface area (Å²) in [7, 11) is 0. The van der Waals surface area contributed by atoms with Gasteiger partial charge in [0, 0.05) is 16.2 Å². The van der Waals surface area contributed by atoms with Crippen molar-refractivity contribution in [3.8, 4) is 11.4 Å². The van der Waals surface area contributed by atoms with Crippen LogP contribution >= 0.6 is 15.9 Å². The third-order valence-electron chi connectivity index (χ3n) is 2.80. The number of carboxylic acids is 1. The minimum atomic E-state index is -0.994. The molecule has 0 fully saturated rings. The van der Waals surface area contributed by atoms with E-state index in [1.165, 1.54) is 6.20 Å². The summed E-state index contributed by atoms with van der Waals surface area (Å²) in [6.45, 7) is 3.88. The van der Waals surface area contributed by atoms with Crippen molar-refractivity contribution in [3.05, 3.63) is 45.7 Å². The van der Waals surface area contributed by atoms with Gasteiger partial charge in [-0.05, 0) is 31.0 Å². The molecule has 0 amide bonds. The predicted molar refractivity (Wildman–Crippen MR) is 76.2 cm³/mol. The molecule has 0 aliphatic heterocycles. The molecular weight excluding hydrogens is 308 g/mol. The van der Waals surface area contributed by atoms with Crippen molar-refractivity contribution in [1.29, 1.82) is 0 Å². The molecule has 1 heterocycles. The van der Waals surface area contributed by atoms with Gasteiger partial charge in [-0.25, -0.2) is 14.8 Å². The number of carbonyl (C=O) groups is 1. The second kappa shape index (κ2) is 5.48. The Bertz CT molecular complexity index is 641. The first-order valence-electron chi connectivity index (χ1n) is 5.88. The van der Waals surface area contributed by atoms with Gasteiger partial charge in [0.2, 0.25) is 0 Å². The minimum absolute atomic E-state index is 0.162. The van der Waals surface area contributed by atoms with Gasteiger partial charge in [0.05, 0.1) is 11.3 Å². The van der Waals surface area contributed by atoms with Crippen LogP contribution in [0.5, 0.6) is 0 Å². The van der Waals surface area contributed by atoms with Crippen molar-refractivity contribution in [2.45, 2.75) is 20.3 Å². The van der Waals surface area contributed by atoms with Crippen LogP contribution in [-0.4, -0.2) is 21.0 Å². The second-order valence-electron chi connectivity index (χ2n) is 4.20. The first kappa shape index (κ1) is 13.7. The highest BCUT2D eigenvalue weighted by molar-refractivity contribution is 9.10. The maximum Gasteiger partial charge on any atom is 0.339 e.